The Labute approximate surface area is 173 Å². The minimum Gasteiger partial charge on any atom is -0.428 e. The van der Waals surface area contributed by atoms with E-state index in [1.165, 1.54) is 24.3 Å². The number of halogens is 4. The summed E-state index contributed by atoms with van der Waals surface area (Å²) in [6.07, 6.45) is -7.85. The summed E-state index contributed by atoms with van der Waals surface area (Å²) < 4.78 is 88.6. The van der Waals surface area contributed by atoms with Crippen LogP contribution in [0.4, 0.5) is 17.6 Å². The topological polar surface area (TPSA) is 78.9 Å². The van der Waals surface area contributed by atoms with E-state index in [2.05, 4.69) is 4.74 Å². The first-order valence-corrected chi connectivity index (χ1v) is 10.9. The predicted molar refractivity (Wildman–Crippen MR) is 98.2 cm³/mol. The molecule has 3 rings (SSSR count). The van der Waals surface area contributed by atoms with Crippen LogP contribution in [0.1, 0.15) is 12.8 Å². The molecule has 1 saturated heterocycles. The molecule has 0 amide bonds. The molecule has 1 aromatic heterocycles. The number of thiophene rings is 1. The van der Waals surface area contributed by atoms with Gasteiger partial charge in [0, 0.05) is 18.1 Å². The van der Waals surface area contributed by atoms with Gasteiger partial charge in [-0.1, -0.05) is 0 Å². The van der Waals surface area contributed by atoms with Crippen LogP contribution in [0.5, 0.6) is 5.75 Å². The molecule has 30 heavy (non-hydrogen) atoms. The summed E-state index contributed by atoms with van der Waals surface area (Å²) in [4.78, 5) is 12.5. The standard InChI is InChI=1S/C18H16F4O6S2/c19-17(20)18(21,22)27-13-3-1-11(2-4-13)14-5-6-15(29-14)30(24,25)28-16(23)12-7-9-26-10-8-12/h1-6,12,17H,7-10H2. The fraction of sp³-hybridized carbons (Fsp3) is 0.389. The van der Waals surface area contributed by atoms with Crippen LogP contribution in [0.3, 0.4) is 0 Å². The van der Waals surface area contributed by atoms with Crippen LogP contribution in [0.25, 0.3) is 10.4 Å². The van der Waals surface area contributed by atoms with Crippen LogP contribution in [0, 0.1) is 5.92 Å². The van der Waals surface area contributed by atoms with E-state index in [4.69, 9.17) is 8.92 Å². The summed E-state index contributed by atoms with van der Waals surface area (Å²) in [7, 11) is -4.32. The maximum atomic E-state index is 12.9. The third-order valence-corrected chi connectivity index (χ3v) is 7.02. The van der Waals surface area contributed by atoms with Gasteiger partial charge in [-0.3, -0.25) is 4.79 Å². The molecule has 2 heterocycles. The maximum absolute atomic E-state index is 12.9. The van der Waals surface area contributed by atoms with Gasteiger partial charge in [-0.25, -0.2) is 0 Å². The summed E-state index contributed by atoms with van der Waals surface area (Å²) in [6.45, 7) is 0.706. The SMILES string of the molecule is O=C(OS(=O)(=O)c1ccc(-c2ccc(OC(F)(F)C(F)F)cc2)s1)C1CCOCC1. The lowest BCUT2D eigenvalue weighted by Crippen LogP contribution is -2.33. The Balaban J connectivity index is 1.70. The summed E-state index contributed by atoms with van der Waals surface area (Å²) in [5, 5.41) is 0. The zero-order valence-corrected chi connectivity index (χ0v) is 16.9. The van der Waals surface area contributed by atoms with Gasteiger partial charge < -0.3 is 13.7 Å². The van der Waals surface area contributed by atoms with E-state index in [0.717, 1.165) is 23.5 Å². The summed E-state index contributed by atoms with van der Waals surface area (Å²) >= 11 is 0.807. The Morgan fingerprint density at radius 2 is 1.73 bits per heavy atom. The summed E-state index contributed by atoms with van der Waals surface area (Å²) in [6, 6.07) is 7.45. The number of hydrogen-bond donors (Lipinski definition) is 0. The van der Waals surface area contributed by atoms with Gasteiger partial charge in [0.25, 0.3) is 0 Å². The van der Waals surface area contributed by atoms with Crippen molar-refractivity contribution in [3.8, 4) is 16.2 Å². The molecule has 6 nitrogen and oxygen atoms in total. The Kier molecular flexibility index (Phi) is 6.68. The molecule has 0 N–H and O–H groups in total. The van der Waals surface area contributed by atoms with E-state index >= 15 is 0 Å². The minimum absolute atomic E-state index is 0.206. The minimum atomic E-state index is -4.62. The lowest BCUT2D eigenvalue weighted by molar-refractivity contribution is -0.253. The normalized spacial score (nSPS) is 15.9. The Morgan fingerprint density at radius 1 is 1.10 bits per heavy atom. The fourth-order valence-corrected chi connectivity index (χ4v) is 4.84. The number of ether oxygens (including phenoxy) is 2. The first-order valence-electron chi connectivity index (χ1n) is 8.70. The van der Waals surface area contributed by atoms with Gasteiger partial charge in [-0.05, 0) is 54.8 Å². The number of hydrogen-bond acceptors (Lipinski definition) is 7. The second-order valence-electron chi connectivity index (χ2n) is 6.35. The Bertz CT molecular complexity index is 982. The third kappa shape index (κ3) is 5.29. The Morgan fingerprint density at radius 3 is 2.33 bits per heavy atom. The van der Waals surface area contributed by atoms with Gasteiger partial charge in [0.1, 0.15) is 5.75 Å². The number of benzene rings is 1. The quantitative estimate of drug-likeness (QED) is 0.445. The van der Waals surface area contributed by atoms with Gasteiger partial charge >= 0.3 is 28.6 Å². The molecule has 2 aromatic rings. The zero-order valence-electron chi connectivity index (χ0n) is 15.2. The van der Waals surface area contributed by atoms with Crippen molar-refractivity contribution in [1.29, 1.82) is 0 Å². The van der Waals surface area contributed by atoms with Crippen molar-refractivity contribution in [3.05, 3.63) is 36.4 Å². The van der Waals surface area contributed by atoms with Crippen molar-refractivity contribution in [1.82, 2.24) is 0 Å². The molecule has 0 atom stereocenters. The largest absolute Gasteiger partial charge is 0.461 e. The predicted octanol–water partition coefficient (Wildman–Crippen LogP) is 4.31. The maximum Gasteiger partial charge on any atom is 0.461 e. The highest BCUT2D eigenvalue weighted by molar-refractivity contribution is 7.89. The van der Waals surface area contributed by atoms with E-state index in [-0.39, 0.29) is 4.21 Å². The average molecular weight is 468 g/mol. The molecule has 0 saturated carbocycles. The average Bonchev–Trinajstić information content (AvgIpc) is 3.20. The molecule has 1 aliphatic rings. The van der Waals surface area contributed by atoms with Crippen LogP contribution < -0.4 is 4.74 Å². The van der Waals surface area contributed by atoms with Crippen LogP contribution >= 0.6 is 11.3 Å². The molecule has 0 spiro atoms. The van der Waals surface area contributed by atoms with Crippen LogP contribution in [-0.2, 0) is 23.8 Å². The molecular formula is C18H16F4O6S2. The molecule has 0 unspecified atom stereocenters. The van der Waals surface area contributed by atoms with Crippen molar-refractivity contribution >= 4 is 27.4 Å². The van der Waals surface area contributed by atoms with Crippen molar-refractivity contribution in [3.63, 3.8) is 0 Å². The lowest BCUT2D eigenvalue weighted by Gasteiger charge is -2.19. The molecular weight excluding hydrogens is 452 g/mol. The number of carbonyl (C=O) groups excluding carboxylic acids is 1. The lowest BCUT2D eigenvalue weighted by atomic mass is 10.0. The molecule has 12 heteroatoms. The zero-order chi connectivity index (χ0) is 21.9. The number of rotatable bonds is 7. The van der Waals surface area contributed by atoms with Crippen LogP contribution in [0.2, 0.25) is 0 Å². The molecule has 1 aliphatic heterocycles. The molecule has 1 aromatic carbocycles. The number of alkyl halides is 4. The van der Waals surface area contributed by atoms with Crippen molar-refractivity contribution in [2.24, 2.45) is 5.92 Å². The van der Waals surface area contributed by atoms with E-state index in [9.17, 15) is 30.8 Å². The van der Waals surface area contributed by atoms with Gasteiger partial charge in [-0.2, -0.15) is 26.0 Å². The molecule has 0 bridgehead atoms. The van der Waals surface area contributed by atoms with E-state index < -0.39 is 40.3 Å². The third-order valence-electron chi connectivity index (χ3n) is 4.22. The molecule has 164 valence electrons. The van der Waals surface area contributed by atoms with Crippen molar-refractivity contribution < 1.29 is 44.4 Å². The van der Waals surface area contributed by atoms with Gasteiger partial charge in [0.05, 0.1) is 5.92 Å². The number of carbonyl (C=O) groups is 1. The summed E-state index contributed by atoms with van der Waals surface area (Å²) in [5.41, 5.74) is 0.435. The second-order valence-corrected chi connectivity index (χ2v) is 9.21. The van der Waals surface area contributed by atoms with Crippen LogP contribution in [0.15, 0.2) is 40.6 Å². The highest BCUT2D eigenvalue weighted by Crippen LogP contribution is 2.34. The monoisotopic (exact) mass is 468 g/mol. The highest BCUT2D eigenvalue weighted by Gasteiger charge is 2.43. The summed E-state index contributed by atoms with van der Waals surface area (Å²) in [5.74, 6) is -1.86. The van der Waals surface area contributed by atoms with Gasteiger partial charge in [0.2, 0.25) is 0 Å². The first-order chi connectivity index (χ1) is 14.1. The molecule has 1 fully saturated rings. The first kappa shape index (κ1) is 22.5. The molecule has 0 radical (unpaired) electrons. The van der Waals surface area contributed by atoms with E-state index in [1.807, 2.05) is 0 Å². The smallest absolute Gasteiger partial charge is 0.428 e. The van der Waals surface area contributed by atoms with E-state index in [0.29, 0.717) is 36.5 Å². The van der Waals surface area contributed by atoms with Gasteiger partial charge in [-0.15, -0.1) is 11.3 Å². The van der Waals surface area contributed by atoms with E-state index in [1.54, 1.807) is 0 Å². The second kappa shape index (κ2) is 8.90. The van der Waals surface area contributed by atoms with Gasteiger partial charge in [0.15, 0.2) is 4.21 Å². The van der Waals surface area contributed by atoms with Crippen molar-refractivity contribution in [2.75, 3.05) is 13.2 Å². The fourth-order valence-electron chi connectivity index (χ4n) is 2.65. The Hall–Kier alpha value is -2.18. The van der Waals surface area contributed by atoms with Crippen LogP contribution in [-0.4, -0.2) is 40.1 Å². The molecule has 0 aliphatic carbocycles. The van der Waals surface area contributed by atoms with Crippen molar-refractivity contribution in [2.45, 2.75) is 29.6 Å². The highest BCUT2D eigenvalue weighted by atomic mass is 32.3.